The van der Waals surface area contributed by atoms with Crippen molar-refractivity contribution in [2.75, 3.05) is 17.2 Å². The van der Waals surface area contributed by atoms with Crippen LogP contribution in [0.15, 0.2) is 54.6 Å². The normalized spacial score (nSPS) is 10.3. The van der Waals surface area contributed by atoms with E-state index in [1.54, 1.807) is 0 Å². The van der Waals surface area contributed by atoms with Crippen LogP contribution in [-0.4, -0.2) is 12.6 Å². The van der Waals surface area contributed by atoms with E-state index in [0.717, 1.165) is 23.5 Å². The van der Waals surface area contributed by atoms with E-state index in [1.807, 2.05) is 54.6 Å². The van der Waals surface area contributed by atoms with E-state index in [4.69, 9.17) is 4.74 Å². The summed E-state index contributed by atoms with van der Waals surface area (Å²) in [6.07, 6.45) is 1.03. The van der Waals surface area contributed by atoms with Gasteiger partial charge in [0.05, 0.1) is 6.61 Å². The predicted octanol–water partition coefficient (Wildman–Crippen LogP) is 4.76. The molecule has 0 spiro atoms. The Labute approximate surface area is 131 Å². The molecular weight excluding hydrogens is 276 g/mol. The first-order valence-corrected chi connectivity index (χ1v) is 7.49. The summed E-state index contributed by atoms with van der Waals surface area (Å²) in [4.78, 5) is 11.9. The van der Waals surface area contributed by atoms with Crippen LogP contribution in [0, 0.1) is 5.92 Å². The third kappa shape index (κ3) is 5.48. The molecule has 2 rings (SSSR count). The van der Waals surface area contributed by atoms with Gasteiger partial charge in [-0.25, -0.2) is 4.79 Å². The van der Waals surface area contributed by atoms with Gasteiger partial charge in [0.1, 0.15) is 5.75 Å². The molecule has 4 nitrogen and oxygen atoms in total. The van der Waals surface area contributed by atoms with Crippen LogP contribution in [-0.2, 0) is 0 Å². The van der Waals surface area contributed by atoms with E-state index in [2.05, 4.69) is 24.5 Å². The molecule has 0 fully saturated rings. The average Bonchev–Trinajstić information content (AvgIpc) is 2.49. The van der Waals surface area contributed by atoms with Crippen molar-refractivity contribution >= 4 is 17.4 Å². The number of urea groups is 1. The van der Waals surface area contributed by atoms with E-state index >= 15 is 0 Å². The first kappa shape index (κ1) is 15.9. The lowest BCUT2D eigenvalue weighted by Crippen LogP contribution is -2.19. The second kappa shape index (κ2) is 8.08. The van der Waals surface area contributed by atoms with Gasteiger partial charge >= 0.3 is 6.03 Å². The predicted molar refractivity (Wildman–Crippen MR) is 90.5 cm³/mol. The molecule has 2 amide bonds. The van der Waals surface area contributed by atoms with Gasteiger partial charge in [-0.15, -0.1) is 0 Å². The van der Waals surface area contributed by atoms with Crippen LogP contribution in [0.4, 0.5) is 16.2 Å². The summed E-state index contributed by atoms with van der Waals surface area (Å²) in [7, 11) is 0. The second-order valence-corrected chi connectivity index (χ2v) is 5.50. The molecule has 0 aliphatic rings. The molecule has 2 N–H and O–H groups in total. The highest BCUT2D eigenvalue weighted by molar-refractivity contribution is 5.99. The van der Waals surface area contributed by atoms with Crippen molar-refractivity contribution in [3.05, 3.63) is 54.6 Å². The van der Waals surface area contributed by atoms with Gasteiger partial charge < -0.3 is 15.4 Å². The van der Waals surface area contributed by atoms with E-state index in [-0.39, 0.29) is 6.03 Å². The van der Waals surface area contributed by atoms with Gasteiger partial charge in [-0.1, -0.05) is 32.0 Å². The maximum absolute atomic E-state index is 11.9. The first-order valence-electron chi connectivity index (χ1n) is 7.49. The third-order valence-electron chi connectivity index (χ3n) is 3.11. The molecular formula is C18H22N2O2. The molecule has 0 bridgehead atoms. The van der Waals surface area contributed by atoms with Crippen LogP contribution in [0.3, 0.4) is 0 Å². The summed E-state index contributed by atoms with van der Waals surface area (Å²) in [5.41, 5.74) is 1.48. The zero-order valence-corrected chi connectivity index (χ0v) is 13.0. The Bertz CT molecular complexity index is 580. The Morgan fingerprint density at radius 2 is 1.55 bits per heavy atom. The molecule has 2 aromatic rings. The molecule has 0 aliphatic heterocycles. The molecule has 0 heterocycles. The summed E-state index contributed by atoms with van der Waals surface area (Å²) in [5, 5.41) is 5.56. The van der Waals surface area contributed by atoms with Gasteiger partial charge in [-0.05, 0) is 48.7 Å². The van der Waals surface area contributed by atoms with Crippen molar-refractivity contribution in [2.24, 2.45) is 5.92 Å². The number of ether oxygens (including phenoxy) is 1. The van der Waals surface area contributed by atoms with E-state index in [0.29, 0.717) is 12.5 Å². The van der Waals surface area contributed by atoms with Crippen LogP contribution in [0.1, 0.15) is 20.3 Å². The van der Waals surface area contributed by atoms with Gasteiger partial charge in [0.2, 0.25) is 0 Å². The van der Waals surface area contributed by atoms with E-state index in [9.17, 15) is 4.79 Å². The van der Waals surface area contributed by atoms with Crippen molar-refractivity contribution in [3.63, 3.8) is 0 Å². The lowest BCUT2D eigenvalue weighted by atomic mass is 10.1. The Morgan fingerprint density at radius 1 is 0.955 bits per heavy atom. The lowest BCUT2D eigenvalue weighted by Gasteiger charge is -2.10. The maximum Gasteiger partial charge on any atom is 0.323 e. The van der Waals surface area contributed by atoms with Crippen LogP contribution in [0.2, 0.25) is 0 Å². The molecule has 0 unspecified atom stereocenters. The fraction of sp³-hybridized carbons (Fsp3) is 0.278. The molecule has 116 valence electrons. The largest absolute Gasteiger partial charge is 0.494 e. The number of rotatable bonds is 6. The molecule has 22 heavy (non-hydrogen) atoms. The fourth-order valence-corrected chi connectivity index (χ4v) is 1.86. The van der Waals surface area contributed by atoms with Crippen molar-refractivity contribution in [1.29, 1.82) is 0 Å². The van der Waals surface area contributed by atoms with Crippen molar-refractivity contribution in [1.82, 2.24) is 0 Å². The van der Waals surface area contributed by atoms with E-state index in [1.165, 1.54) is 0 Å². The Kier molecular flexibility index (Phi) is 5.83. The summed E-state index contributed by atoms with van der Waals surface area (Å²) >= 11 is 0. The van der Waals surface area contributed by atoms with Crippen LogP contribution in [0.25, 0.3) is 0 Å². The minimum absolute atomic E-state index is 0.264. The molecule has 0 saturated carbocycles. The van der Waals surface area contributed by atoms with Crippen LogP contribution in [0.5, 0.6) is 5.75 Å². The highest BCUT2D eigenvalue weighted by Crippen LogP contribution is 2.17. The molecule has 4 heteroatoms. The van der Waals surface area contributed by atoms with Crippen LogP contribution >= 0.6 is 0 Å². The summed E-state index contributed by atoms with van der Waals surface area (Å²) in [6.45, 7) is 5.04. The zero-order chi connectivity index (χ0) is 15.8. The molecule has 0 radical (unpaired) electrons. The molecule has 2 aromatic carbocycles. The number of benzene rings is 2. The monoisotopic (exact) mass is 298 g/mol. The van der Waals surface area contributed by atoms with E-state index < -0.39 is 0 Å². The molecule has 0 aromatic heterocycles. The number of carbonyl (C=O) groups is 1. The number of anilines is 2. The lowest BCUT2D eigenvalue weighted by molar-refractivity contribution is 0.262. The Balaban J connectivity index is 1.82. The number of carbonyl (C=O) groups excluding carboxylic acids is 1. The summed E-state index contributed by atoms with van der Waals surface area (Å²) in [6, 6.07) is 16.4. The number of amides is 2. The second-order valence-electron chi connectivity index (χ2n) is 5.50. The SMILES string of the molecule is CC(C)CCOc1ccc(NC(=O)Nc2ccccc2)cc1. The number of hydrogen-bond acceptors (Lipinski definition) is 2. The number of nitrogens with one attached hydrogen (secondary N) is 2. The topological polar surface area (TPSA) is 50.4 Å². The quantitative estimate of drug-likeness (QED) is 0.808. The first-order chi connectivity index (χ1) is 10.6. The zero-order valence-electron chi connectivity index (χ0n) is 13.0. The van der Waals surface area contributed by atoms with Crippen molar-refractivity contribution in [3.8, 4) is 5.75 Å². The van der Waals surface area contributed by atoms with Crippen molar-refractivity contribution in [2.45, 2.75) is 20.3 Å². The Hall–Kier alpha value is -2.49. The summed E-state index contributed by atoms with van der Waals surface area (Å²) in [5.74, 6) is 1.44. The number of hydrogen-bond donors (Lipinski definition) is 2. The van der Waals surface area contributed by atoms with Gasteiger partial charge in [-0.3, -0.25) is 0 Å². The molecule has 0 atom stereocenters. The average molecular weight is 298 g/mol. The smallest absolute Gasteiger partial charge is 0.323 e. The van der Waals surface area contributed by atoms with Gasteiger partial charge in [0.25, 0.3) is 0 Å². The highest BCUT2D eigenvalue weighted by Gasteiger charge is 2.03. The van der Waals surface area contributed by atoms with Gasteiger partial charge in [0, 0.05) is 11.4 Å². The Morgan fingerprint density at radius 3 is 2.14 bits per heavy atom. The molecule has 0 aliphatic carbocycles. The minimum Gasteiger partial charge on any atom is -0.494 e. The van der Waals surface area contributed by atoms with Crippen molar-refractivity contribution < 1.29 is 9.53 Å². The maximum atomic E-state index is 11.9. The standard InChI is InChI=1S/C18H22N2O2/c1-14(2)12-13-22-17-10-8-16(9-11-17)20-18(21)19-15-6-4-3-5-7-15/h3-11,14H,12-13H2,1-2H3,(H2,19,20,21). The third-order valence-corrected chi connectivity index (χ3v) is 3.11. The number of para-hydroxylation sites is 1. The fourth-order valence-electron chi connectivity index (χ4n) is 1.86. The van der Waals surface area contributed by atoms with Gasteiger partial charge in [-0.2, -0.15) is 0 Å². The molecule has 0 saturated heterocycles. The summed E-state index contributed by atoms with van der Waals surface area (Å²) < 4.78 is 5.64. The van der Waals surface area contributed by atoms with Gasteiger partial charge in [0.15, 0.2) is 0 Å². The minimum atomic E-state index is -0.264. The van der Waals surface area contributed by atoms with Crippen LogP contribution < -0.4 is 15.4 Å². The highest BCUT2D eigenvalue weighted by atomic mass is 16.5.